The molecular formula is C13H8Cl3N3. The number of aromatic nitrogens is 3. The number of nitrogens with one attached hydrogen (secondary N) is 1. The molecule has 0 unspecified atom stereocenters. The van der Waals surface area contributed by atoms with Crippen molar-refractivity contribution in [2.45, 2.75) is 6.92 Å². The van der Waals surface area contributed by atoms with E-state index < -0.39 is 0 Å². The van der Waals surface area contributed by atoms with Crippen LogP contribution in [0.2, 0.25) is 15.2 Å². The fourth-order valence-corrected chi connectivity index (χ4v) is 2.36. The van der Waals surface area contributed by atoms with Crippen LogP contribution in [0.4, 0.5) is 0 Å². The summed E-state index contributed by atoms with van der Waals surface area (Å²) in [4.78, 5) is 11.7. The van der Waals surface area contributed by atoms with Crippen molar-refractivity contribution in [1.29, 1.82) is 0 Å². The Labute approximate surface area is 124 Å². The molecule has 3 nitrogen and oxygen atoms in total. The number of aromatic amines is 1. The van der Waals surface area contributed by atoms with E-state index in [4.69, 9.17) is 34.8 Å². The van der Waals surface area contributed by atoms with Gasteiger partial charge in [0.05, 0.1) is 15.6 Å². The number of benzene rings is 1. The summed E-state index contributed by atoms with van der Waals surface area (Å²) in [7, 11) is 0. The molecule has 3 rings (SSSR count). The van der Waals surface area contributed by atoms with Crippen LogP contribution in [-0.2, 0) is 0 Å². The molecule has 0 saturated heterocycles. The molecule has 96 valence electrons. The summed E-state index contributed by atoms with van der Waals surface area (Å²) < 4.78 is 0. The Kier molecular flexibility index (Phi) is 3.13. The molecule has 2 heterocycles. The Bertz CT molecular complexity index is 741. The Morgan fingerprint density at radius 3 is 2.68 bits per heavy atom. The fraction of sp³-hybridized carbons (Fsp3) is 0.0769. The van der Waals surface area contributed by atoms with E-state index in [-0.39, 0.29) is 5.15 Å². The summed E-state index contributed by atoms with van der Waals surface area (Å²) in [6.07, 6.45) is 0. The molecule has 6 heteroatoms. The monoisotopic (exact) mass is 311 g/mol. The predicted octanol–water partition coefficient (Wildman–Crippen LogP) is 4.89. The van der Waals surface area contributed by atoms with Gasteiger partial charge in [0, 0.05) is 5.56 Å². The first-order chi connectivity index (χ1) is 9.06. The van der Waals surface area contributed by atoms with Crippen molar-refractivity contribution in [2.24, 2.45) is 0 Å². The van der Waals surface area contributed by atoms with Crippen molar-refractivity contribution in [1.82, 2.24) is 15.0 Å². The molecule has 2 aromatic heterocycles. The van der Waals surface area contributed by atoms with E-state index in [2.05, 4.69) is 15.0 Å². The zero-order valence-corrected chi connectivity index (χ0v) is 12.1. The van der Waals surface area contributed by atoms with E-state index in [1.54, 1.807) is 6.07 Å². The van der Waals surface area contributed by atoms with Gasteiger partial charge in [-0.3, -0.25) is 0 Å². The lowest BCUT2D eigenvalue weighted by molar-refractivity contribution is 1.29. The van der Waals surface area contributed by atoms with Gasteiger partial charge >= 0.3 is 0 Å². The van der Waals surface area contributed by atoms with Gasteiger partial charge in [-0.1, -0.05) is 46.9 Å². The second kappa shape index (κ2) is 4.67. The molecule has 0 atom stereocenters. The lowest BCUT2D eigenvalue weighted by atomic mass is 10.1. The van der Waals surface area contributed by atoms with E-state index in [1.807, 2.05) is 25.1 Å². The molecule has 1 aromatic carbocycles. The highest BCUT2D eigenvalue weighted by molar-refractivity contribution is 6.41. The minimum Gasteiger partial charge on any atom is -0.336 e. The van der Waals surface area contributed by atoms with Crippen LogP contribution in [0.15, 0.2) is 24.3 Å². The first-order valence-corrected chi connectivity index (χ1v) is 6.67. The molecule has 3 aromatic rings. The molecule has 0 aliphatic heterocycles. The number of H-pyrrole nitrogens is 1. The van der Waals surface area contributed by atoms with Crippen molar-refractivity contribution in [3.63, 3.8) is 0 Å². The Morgan fingerprint density at radius 1 is 1.11 bits per heavy atom. The number of rotatable bonds is 1. The van der Waals surface area contributed by atoms with Crippen LogP contribution in [0.1, 0.15) is 5.56 Å². The molecule has 1 N–H and O–H groups in total. The number of imidazole rings is 1. The number of hydrogen-bond acceptors (Lipinski definition) is 2. The topological polar surface area (TPSA) is 41.6 Å². The predicted molar refractivity (Wildman–Crippen MR) is 79.1 cm³/mol. The minimum absolute atomic E-state index is 0.238. The largest absolute Gasteiger partial charge is 0.336 e. The standard InChI is InChI=1S/C13H8Cl3N3/c1-6-3-2-4-7(10(6)15)12-17-9-5-8(14)11(16)18-13(9)19-12/h2-5H,1H3,(H,17,18,19). The normalized spacial score (nSPS) is 11.2. The van der Waals surface area contributed by atoms with E-state index in [1.165, 1.54) is 0 Å². The van der Waals surface area contributed by atoms with Crippen molar-refractivity contribution >= 4 is 46.0 Å². The SMILES string of the molecule is Cc1cccc(-c2nc3nc(Cl)c(Cl)cc3[nH]2)c1Cl. The number of nitrogens with zero attached hydrogens (tertiary/aromatic N) is 2. The summed E-state index contributed by atoms with van der Waals surface area (Å²) in [5.74, 6) is 0.648. The van der Waals surface area contributed by atoms with Gasteiger partial charge in [0.1, 0.15) is 11.0 Å². The molecule has 0 radical (unpaired) electrons. The number of pyridine rings is 1. The van der Waals surface area contributed by atoms with Gasteiger partial charge < -0.3 is 4.98 Å². The Morgan fingerprint density at radius 2 is 1.89 bits per heavy atom. The quantitative estimate of drug-likeness (QED) is 0.650. The molecule has 19 heavy (non-hydrogen) atoms. The smallest absolute Gasteiger partial charge is 0.179 e. The maximum absolute atomic E-state index is 6.29. The van der Waals surface area contributed by atoms with Gasteiger partial charge in [0.15, 0.2) is 5.65 Å². The lowest BCUT2D eigenvalue weighted by Crippen LogP contribution is -1.84. The van der Waals surface area contributed by atoms with E-state index >= 15 is 0 Å². The highest BCUT2D eigenvalue weighted by Crippen LogP contribution is 2.31. The van der Waals surface area contributed by atoms with Gasteiger partial charge in [-0.15, -0.1) is 0 Å². The van der Waals surface area contributed by atoms with Gasteiger partial charge in [0.2, 0.25) is 0 Å². The average Bonchev–Trinajstić information content (AvgIpc) is 2.76. The van der Waals surface area contributed by atoms with Crippen molar-refractivity contribution < 1.29 is 0 Å². The lowest BCUT2D eigenvalue weighted by Gasteiger charge is -2.02. The third-order valence-electron chi connectivity index (χ3n) is 2.83. The van der Waals surface area contributed by atoms with Gasteiger partial charge in [-0.25, -0.2) is 9.97 Å². The van der Waals surface area contributed by atoms with Crippen molar-refractivity contribution in [2.75, 3.05) is 0 Å². The minimum atomic E-state index is 0.238. The van der Waals surface area contributed by atoms with Crippen LogP contribution in [0.5, 0.6) is 0 Å². The third kappa shape index (κ3) is 2.18. The maximum Gasteiger partial charge on any atom is 0.179 e. The van der Waals surface area contributed by atoms with Crippen LogP contribution in [0, 0.1) is 6.92 Å². The molecule has 0 amide bonds. The van der Waals surface area contributed by atoms with Gasteiger partial charge in [0.25, 0.3) is 0 Å². The first-order valence-electron chi connectivity index (χ1n) is 5.53. The van der Waals surface area contributed by atoms with Gasteiger partial charge in [-0.2, -0.15) is 0 Å². The summed E-state index contributed by atoms with van der Waals surface area (Å²) >= 11 is 18.1. The molecule has 0 bridgehead atoms. The zero-order valence-electron chi connectivity index (χ0n) is 9.84. The van der Waals surface area contributed by atoms with Crippen molar-refractivity contribution in [3.05, 3.63) is 45.0 Å². The van der Waals surface area contributed by atoms with Crippen LogP contribution < -0.4 is 0 Å². The Hall–Kier alpha value is -1.29. The summed E-state index contributed by atoms with van der Waals surface area (Å²) in [6.45, 7) is 1.94. The summed E-state index contributed by atoms with van der Waals surface area (Å²) in [6, 6.07) is 7.47. The second-order valence-corrected chi connectivity index (χ2v) is 5.30. The van der Waals surface area contributed by atoms with Crippen LogP contribution in [0.3, 0.4) is 0 Å². The zero-order chi connectivity index (χ0) is 13.6. The first kappa shape index (κ1) is 12.7. The molecule has 0 fully saturated rings. The molecule has 0 saturated carbocycles. The Balaban J connectivity index is 2.23. The average molecular weight is 313 g/mol. The van der Waals surface area contributed by atoms with Crippen molar-refractivity contribution in [3.8, 4) is 11.4 Å². The maximum atomic E-state index is 6.29. The summed E-state index contributed by atoms with van der Waals surface area (Å²) in [5.41, 5.74) is 3.06. The van der Waals surface area contributed by atoms with E-state index in [0.717, 1.165) is 16.6 Å². The molecular weight excluding hydrogens is 305 g/mol. The molecule has 0 aliphatic rings. The molecule has 0 spiro atoms. The molecule has 0 aliphatic carbocycles. The van der Waals surface area contributed by atoms with E-state index in [9.17, 15) is 0 Å². The summed E-state index contributed by atoms with van der Waals surface area (Å²) in [5, 5.41) is 1.29. The number of halogens is 3. The number of aryl methyl sites for hydroxylation is 1. The van der Waals surface area contributed by atoms with Crippen LogP contribution in [0.25, 0.3) is 22.6 Å². The van der Waals surface area contributed by atoms with Gasteiger partial charge in [-0.05, 0) is 24.6 Å². The highest BCUT2D eigenvalue weighted by Gasteiger charge is 2.12. The highest BCUT2D eigenvalue weighted by atomic mass is 35.5. The fourth-order valence-electron chi connectivity index (χ4n) is 1.85. The number of hydrogen-bond donors (Lipinski definition) is 1. The van der Waals surface area contributed by atoms with Crippen LogP contribution in [-0.4, -0.2) is 15.0 Å². The number of fused-ring (bicyclic) bond motifs is 1. The second-order valence-electron chi connectivity index (χ2n) is 4.15. The van der Waals surface area contributed by atoms with E-state index in [0.29, 0.717) is 21.5 Å². The van der Waals surface area contributed by atoms with Crippen LogP contribution >= 0.6 is 34.8 Å². The third-order valence-corrected chi connectivity index (χ3v) is 4.01.